The maximum Gasteiger partial charge on any atom is 0.255 e. The number of ether oxygens (including phenoxy) is 2. The second-order valence-electron chi connectivity index (χ2n) is 7.74. The zero-order chi connectivity index (χ0) is 20.9. The Morgan fingerprint density at radius 2 is 2.07 bits per heavy atom. The molecule has 2 aromatic rings. The molecule has 1 unspecified atom stereocenters. The lowest BCUT2D eigenvalue weighted by molar-refractivity contribution is -0.118. The Hall–Kier alpha value is -2.86. The highest BCUT2D eigenvalue weighted by Gasteiger charge is 2.24. The van der Waals surface area contributed by atoms with Crippen molar-refractivity contribution >= 4 is 23.2 Å². The maximum atomic E-state index is 12.9. The van der Waals surface area contributed by atoms with Crippen LogP contribution in [0.4, 0.5) is 11.4 Å². The van der Waals surface area contributed by atoms with Crippen LogP contribution >= 0.6 is 0 Å². The highest BCUT2D eigenvalue weighted by molar-refractivity contribution is 6.06. The number of para-hydroxylation sites is 2. The van der Waals surface area contributed by atoms with Gasteiger partial charge in [-0.25, -0.2) is 0 Å². The molecule has 0 saturated carbocycles. The van der Waals surface area contributed by atoms with Crippen molar-refractivity contribution in [2.75, 3.05) is 30.0 Å². The van der Waals surface area contributed by atoms with Crippen molar-refractivity contribution in [3.63, 3.8) is 0 Å². The zero-order valence-electron chi connectivity index (χ0n) is 17.4. The highest BCUT2D eigenvalue weighted by atomic mass is 16.5. The molecular weight excluding hydrogens is 380 g/mol. The van der Waals surface area contributed by atoms with Crippen LogP contribution in [0.1, 0.15) is 48.5 Å². The number of benzene rings is 2. The summed E-state index contributed by atoms with van der Waals surface area (Å²) < 4.78 is 11.7. The van der Waals surface area contributed by atoms with Gasteiger partial charge >= 0.3 is 0 Å². The first kappa shape index (κ1) is 20.4. The Balaban J connectivity index is 1.44. The first-order valence-electron chi connectivity index (χ1n) is 10.7. The van der Waals surface area contributed by atoms with E-state index in [1.54, 1.807) is 11.0 Å². The summed E-state index contributed by atoms with van der Waals surface area (Å²) in [5.74, 6) is 0.558. The minimum atomic E-state index is -0.192. The van der Waals surface area contributed by atoms with Crippen LogP contribution in [0.5, 0.6) is 5.75 Å². The van der Waals surface area contributed by atoms with Crippen molar-refractivity contribution < 1.29 is 19.1 Å². The van der Waals surface area contributed by atoms with Gasteiger partial charge in [-0.05, 0) is 61.6 Å². The summed E-state index contributed by atoms with van der Waals surface area (Å²) in [6.07, 6.45) is 4.61. The van der Waals surface area contributed by atoms with Crippen molar-refractivity contribution in [3.8, 4) is 5.75 Å². The van der Waals surface area contributed by atoms with Gasteiger partial charge in [0.15, 0.2) is 0 Å². The van der Waals surface area contributed by atoms with Gasteiger partial charge in [0.2, 0.25) is 5.91 Å². The van der Waals surface area contributed by atoms with E-state index in [0.29, 0.717) is 36.6 Å². The molecule has 2 aromatic carbocycles. The molecule has 0 aromatic heterocycles. The van der Waals surface area contributed by atoms with E-state index in [4.69, 9.17) is 9.47 Å². The largest absolute Gasteiger partial charge is 0.489 e. The lowest BCUT2D eigenvalue weighted by Gasteiger charge is -2.23. The lowest BCUT2D eigenvalue weighted by Crippen LogP contribution is -2.27. The molecule has 2 amide bonds. The maximum absolute atomic E-state index is 12.9. The second kappa shape index (κ2) is 9.30. The number of carbonyl (C=O) groups is 2. The first-order valence-corrected chi connectivity index (χ1v) is 10.7. The van der Waals surface area contributed by atoms with E-state index in [1.165, 1.54) is 0 Å². The SMILES string of the molecule is CCC(=O)N1CCc2cc(C(=O)Nc3ccccc3OCC3CCCCO3)ccc21. The van der Waals surface area contributed by atoms with Gasteiger partial charge in [0.05, 0.1) is 11.8 Å². The summed E-state index contributed by atoms with van der Waals surface area (Å²) in [6.45, 7) is 3.80. The lowest BCUT2D eigenvalue weighted by atomic mass is 10.1. The molecule has 1 N–H and O–H groups in total. The van der Waals surface area contributed by atoms with Crippen molar-refractivity contribution in [1.82, 2.24) is 0 Å². The van der Waals surface area contributed by atoms with Gasteiger partial charge in [-0.2, -0.15) is 0 Å². The molecule has 2 aliphatic heterocycles. The molecule has 0 aliphatic carbocycles. The third-order valence-corrected chi connectivity index (χ3v) is 5.67. The molecule has 2 heterocycles. The number of carbonyl (C=O) groups excluding carboxylic acids is 2. The summed E-state index contributed by atoms with van der Waals surface area (Å²) >= 11 is 0. The fourth-order valence-corrected chi connectivity index (χ4v) is 4.00. The standard InChI is InChI=1S/C24H28N2O4/c1-2-23(27)26-13-12-17-15-18(10-11-21(17)26)24(28)25-20-8-3-4-9-22(20)30-16-19-7-5-6-14-29-19/h3-4,8-11,15,19H,2,5-7,12-14,16H2,1H3,(H,25,28). The Labute approximate surface area is 177 Å². The number of hydrogen-bond donors (Lipinski definition) is 1. The highest BCUT2D eigenvalue weighted by Crippen LogP contribution is 2.30. The third kappa shape index (κ3) is 4.49. The number of nitrogens with zero attached hydrogens (tertiary/aromatic N) is 1. The van der Waals surface area contributed by atoms with Crippen molar-refractivity contribution in [3.05, 3.63) is 53.6 Å². The number of rotatable bonds is 6. The van der Waals surface area contributed by atoms with Crippen LogP contribution in [0.25, 0.3) is 0 Å². The first-order chi connectivity index (χ1) is 14.7. The predicted molar refractivity (Wildman–Crippen MR) is 116 cm³/mol. The van der Waals surface area contributed by atoms with Crippen LogP contribution in [0.2, 0.25) is 0 Å². The van der Waals surface area contributed by atoms with E-state index in [-0.39, 0.29) is 17.9 Å². The molecule has 1 atom stereocenters. The number of fused-ring (bicyclic) bond motifs is 1. The van der Waals surface area contributed by atoms with E-state index in [9.17, 15) is 9.59 Å². The molecule has 2 aliphatic rings. The minimum absolute atomic E-state index is 0.105. The fraction of sp³-hybridized carbons (Fsp3) is 0.417. The zero-order valence-corrected chi connectivity index (χ0v) is 17.4. The van der Waals surface area contributed by atoms with Crippen LogP contribution in [0, 0.1) is 0 Å². The van der Waals surface area contributed by atoms with Gasteiger partial charge < -0.3 is 19.7 Å². The molecule has 0 bridgehead atoms. The Bertz CT molecular complexity index is 921. The molecule has 6 nitrogen and oxygen atoms in total. The quantitative estimate of drug-likeness (QED) is 0.778. The van der Waals surface area contributed by atoms with E-state index < -0.39 is 0 Å². The molecule has 4 rings (SSSR count). The summed E-state index contributed by atoms with van der Waals surface area (Å²) in [7, 11) is 0. The average molecular weight is 408 g/mol. The topological polar surface area (TPSA) is 67.9 Å². The molecular formula is C24H28N2O4. The van der Waals surface area contributed by atoms with Gasteiger partial charge in [0.1, 0.15) is 12.4 Å². The number of anilines is 2. The molecule has 0 spiro atoms. The van der Waals surface area contributed by atoms with Crippen LogP contribution < -0.4 is 15.0 Å². The molecule has 1 saturated heterocycles. The van der Waals surface area contributed by atoms with E-state index in [2.05, 4.69) is 5.32 Å². The molecule has 158 valence electrons. The summed E-state index contributed by atoms with van der Waals surface area (Å²) in [5.41, 5.74) is 3.16. The van der Waals surface area contributed by atoms with E-state index in [1.807, 2.05) is 43.3 Å². The van der Waals surface area contributed by atoms with Gasteiger partial charge in [0.25, 0.3) is 5.91 Å². The molecule has 6 heteroatoms. The third-order valence-electron chi connectivity index (χ3n) is 5.67. The Kier molecular flexibility index (Phi) is 6.33. The van der Waals surface area contributed by atoms with E-state index in [0.717, 1.165) is 43.5 Å². The van der Waals surface area contributed by atoms with Gasteiger partial charge in [-0.1, -0.05) is 19.1 Å². The van der Waals surface area contributed by atoms with Crippen LogP contribution in [-0.2, 0) is 16.0 Å². The predicted octanol–water partition coefficient (Wildman–Crippen LogP) is 4.19. The monoisotopic (exact) mass is 408 g/mol. The molecule has 1 fully saturated rings. The van der Waals surface area contributed by atoms with Crippen molar-refractivity contribution in [2.24, 2.45) is 0 Å². The summed E-state index contributed by atoms with van der Waals surface area (Å²) in [4.78, 5) is 26.7. The van der Waals surface area contributed by atoms with Crippen LogP contribution in [0.3, 0.4) is 0 Å². The fourth-order valence-electron chi connectivity index (χ4n) is 4.00. The smallest absolute Gasteiger partial charge is 0.255 e. The van der Waals surface area contributed by atoms with Crippen molar-refractivity contribution in [2.45, 2.75) is 45.1 Å². The number of amides is 2. The summed E-state index contributed by atoms with van der Waals surface area (Å²) in [6, 6.07) is 13.0. The average Bonchev–Trinajstić information content (AvgIpc) is 3.22. The Morgan fingerprint density at radius 3 is 2.87 bits per heavy atom. The van der Waals surface area contributed by atoms with Gasteiger partial charge in [-0.3, -0.25) is 9.59 Å². The van der Waals surface area contributed by atoms with Crippen LogP contribution in [0.15, 0.2) is 42.5 Å². The normalized spacial score (nSPS) is 18.0. The van der Waals surface area contributed by atoms with Gasteiger partial charge in [-0.15, -0.1) is 0 Å². The van der Waals surface area contributed by atoms with E-state index >= 15 is 0 Å². The molecule has 30 heavy (non-hydrogen) atoms. The number of nitrogens with one attached hydrogen (secondary N) is 1. The summed E-state index contributed by atoms with van der Waals surface area (Å²) in [5, 5.41) is 2.97. The van der Waals surface area contributed by atoms with Crippen molar-refractivity contribution in [1.29, 1.82) is 0 Å². The second-order valence-corrected chi connectivity index (χ2v) is 7.74. The Morgan fingerprint density at radius 1 is 1.20 bits per heavy atom. The number of hydrogen-bond acceptors (Lipinski definition) is 4. The molecule has 0 radical (unpaired) electrons. The van der Waals surface area contributed by atoms with Crippen LogP contribution in [-0.4, -0.2) is 37.7 Å². The minimum Gasteiger partial charge on any atom is -0.489 e. The van der Waals surface area contributed by atoms with Gasteiger partial charge in [0, 0.05) is 30.8 Å².